The van der Waals surface area contributed by atoms with Gasteiger partial charge in [0.15, 0.2) is 5.96 Å². The van der Waals surface area contributed by atoms with Gasteiger partial charge in [-0.05, 0) is 48.7 Å². The molecule has 6 nitrogen and oxygen atoms in total. The largest absolute Gasteiger partial charge is 0.497 e. The van der Waals surface area contributed by atoms with Gasteiger partial charge >= 0.3 is 0 Å². The van der Waals surface area contributed by atoms with E-state index in [4.69, 9.17) is 4.74 Å². The second-order valence-corrected chi connectivity index (χ2v) is 6.62. The van der Waals surface area contributed by atoms with Crippen molar-refractivity contribution in [3.63, 3.8) is 0 Å². The van der Waals surface area contributed by atoms with Gasteiger partial charge in [0, 0.05) is 32.7 Å². The minimum atomic E-state index is 0. The fourth-order valence-corrected chi connectivity index (χ4v) is 2.64. The molecule has 0 heterocycles. The quantitative estimate of drug-likeness (QED) is 0.325. The third kappa shape index (κ3) is 8.31. The molecule has 0 saturated carbocycles. The zero-order valence-corrected chi connectivity index (χ0v) is 19.9. The number of hydrogen-bond donors (Lipinski definition) is 2. The number of nitrogens with zero attached hydrogens (tertiary/aromatic N) is 2. The summed E-state index contributed by atoms with van der Waals surface area (Å²) >= 11 is 0. The van der Waals surface area contributed by atoms with Gasteiger partial charge in [-0.1, -0.05) is 24.3 Å². The minimum absolute atomic E-state index is 0. The second kappa shape index (κ2) is 13.0. The van der Waals surface area contributed by atoms with E-state index in [2.05, 4.69) is 27.8 Å². The van der Waals surface area contributed by atoms with Gasteiger partial charge < -0.3 is 20.3 Å². The standard InChI is InChI=1S/C22H30N4O2.HI/c1-5-23-22(24-15-14-17-8-12-20(28-4)13-9-17)25-16-18-6-10-19(11-7-18)21(27)26(2)3;/h6-13H,5,14-16H2,1-4H3,(H2,23,24,25);1H. The maximum Gasteiger partial charge on any atom is 0.253 e. The zero-order valence-electron chi connectivity index (χ0n) is 17.6. The van der Waals surface area contributed by atoms with Crippen LogP contribution in [0.1, 0.15) is 28.4 Å². The molecule has 0 unspecified atom stereocenters. The summed E-state index contributed by atoms with van der Waals surface area (Å²) in [5, 5.41) is 6.62. The first-order valence-electron chi connectivity index (χ1n) is 9.49. The molecular weight excluding hydrogens is 479 g/mol. The lowest BCUT2D eigenvalue weighted by Crippen LogP contribution is -2.38. The number of nitrogens with one attached hydrogen (secondary N) is 2. The summed E-state index contributed by atoms with van der Waals surface area (Å²) < 4.78 is 5.18. The van der Waals surface area contributed by atoms with Crippen LogP contribution in [0.15, 0.2) is 53.5 Å². The molecule has 0 aromatic heterocycles. The van der Waals surface area contributed by atoms with Crippen molar-refractivity contribution in [1.82, 2.24) is 15.5 Å². The van der Waals surface area contributed by atoms with Gasteiger partial charge in [-0.3, -0.25) is 4.79 Å². The Labute approximate surface area is 190 Å². The smallest absolute Gasteiger partial charge is 0.253 e. The summed E-state index contributed by atoms with van der Waals surface area (Å²) in [4.78, 5) is 18.2. The van der Waals surface area contributed by atoms with E-state index in [0.717, 1.165) is 36.8 Å². The van der Waals surface area contributed by atoms with E-state index in [1.165, 1.54) is 5.56 Å². The molecule has 0 atom stereocenters. The van der Waals surface area contributed by atoms with E-state index in [-0.39, 0.29) is 29.9 Å². The Hall–Kier alpha value is -2.29. The number of carbonyl (C=O) groups is 1. The van der Waals surface area contributed by atoms with Gasteiger partial charge in [0.25, 0.3) is 5.91 Å². The van der Waals surface area contributed by atoms with Crippen LogP contribution < -0.4 is 15.4 Å². The first-order chi connectivity index (χ1) is 13.5. The molecule has 0 aliphatic rings. The molecule has 2 aromatic carbocycles. The third-order valence-electron chi connectivity index (χ3n) is 4.24. The summed E-state index contributed by atoms with van der Waals surface area (Å²) in [6, 6.07) is 15.7. The molecule has 158 valence electrons. The molecule has 2 N–H and O–H groups in total. The lowest BCUT2D eigenvalue weighted by molar-refractivity contribution is 0.0827. The molecule has 29 heavy (non-hydrogen) atoms. The number of guanidine groups is 1. The summed E-state index contributed by atoms with van der Waals surface area (Å²) in [7, 11) is 5.17. The van der Waals surface area contributed by atoms with E-state index >= 15 is 0 Å². The first-order valence-corrected chi connectivity index (χ1v) is 9.49. The van der Waals surface area contributed by atoms with Crippen LogP contribution in [-0.2, 0) is 13.0 Å². The molecule has 1 amide bonds. The Kier molecular flexibility index (Phi) is 11.1. The number of hydrogen-bond acceptors (Lipinski definition) is 3. The van der Waals surface area contributed by atoms with Crippen LogP contribution >= 0.6 is 24.0 Å². The highest BCUT2D eigenvalue weighted by Crippen LogP contribution is 2.11. The van der Waals surface area contributed by atoms with Crippen LogP contribution in [0, 0.1) is 0 Å². The van der Waals surface area contributed by atoms with Crippen LogP contribution in [0.3, 0.4) is 0 Å². The average molecular weight is 510 g/mol. The topological polar surface area (TPSA) is 66.0 Å². The Balaban J connectivity index is 0.00000420. The van der Waals surface area contributed by atoms with Gasteiger partial charge in [-0.2, -0.15) is 0 Å². The summed E-state index contributed by atoms with van der Waals surface area (Å²) in [5.74, 6) is 1.65. The van der Waals surface area contributed by atoms with Gasteiger partial charge in [-0.25, -0.2) is 4.99 Å². The van der Waals surface area contributed by atoms with Crippen LogP contribution in [0.4, 0.5) is 0 Å². The molecule has 0 aliphatic heterocycles. The van der Waals surface area contributed by atoms with Crippen LogP contribution in [0.2, 0.25) is 0 Å². The number of carbonyl (C=O) groups excluding carboxylic acids is 1. The summed E-state index contributed by atoms with van der Waals surface area (Å²) in [6.07, 6.45) is 0.899. The highest BCUT2D eigenvalue weighted by Gasteiger charge is 2.07. The van der Waals surface area contributed by atoms with Crippen molar-refractivity contribution < 1.29 is 9.53 Å². The molecule has 0 aliphatic carbocycles. The van der Waals surface area contributed by atoms with Crippen LogP contribution in [-0.4, -0.2) is 51.1 Å². The molecule has 0 spiro atoms. The van der Waals surface area contributed by atoms with E-state index in [1.807, 2.05) is 43.3 Å². The molecule has 0 saturated heterocycles. The van der Waals surface area contributed by atoms with Crippen molar-refractivity contribution in [1.29, 1.82) is 0 Å². The Morgan fingerprint density at radius 2 is 1.62 bits per heavy atom. The van der Waals surface area contributed by atoms with E-state index in [1.54, 1.807) is 26.1 Å². The maximum absolute atomic E-state index is 11.9. The van der Waals surface area contributed by atoms with Gasteiger partial charge in [-0.15, -0.1) is 24.0 Å². The molecule has 2 aromatic rings. The number of amides is 1. The number of ether oxygens (including phenoxy) is 1. The molecular formula is C22H31IN4O2. The predicted molar refractivity (Wildman–Crippen MR) is 129 cm³/mol. The summed E-state index contributed by atoms with van der Waals surface area (Å²) in [5.41, 5.74) is 2.98. The van der Waals surface area contributed by atoms with Crippen molar-refractivity contribution in [3.05, 3.63) is 65.2 Å². The van der Waals surface area contributed by atoms with Crippen LogP contribution in [0.5, 0.6) is 5.75 Å². The van der Waals surface area contributed by atoms with Crippen molar-refractivity contribution in [2.24, 2.45) is 4.99 Å². The van der Waals surface area contributed by atoms with Crippen molar-refractivity contribution in [3.8, 4) is 5.75 Å². The third-order valence-corrected chi connectivity index (χ3v) is 4.24. The maximum atomic E-state index is 11.9. The Morgan fingerprint density at radius 3 is 2.17 bits per heavy atom. The van der Waals surface area contributed by atoms with Crippen molar-refractivity contribution in [2.45, 2.75) is 19.9 Å². The SMILES string of the molecule is CCNC(=NCc1ccc(C(=O)N(C)C)cc1)NCCc1ccc(OC)cc1.I. The predicted octanol–water partition coefficient (Wildman–Crippen LogP) is 3.31. The Bertz CT molecular complexity index is 774. The number of halogens is 1. The molecule has 0 radical (unpaired) electrons. The monoisotopic (exact) mass is 510 g/mol. The highest BCUT2D eigenvalue weighted by atomic mass is 127. The van der Waals surface area contributed by atoms with E-state index in [0.29, 0.717) is 12.1 Å². The molecule has 0 bridgehead atoms. The molecule has 0 fully saturated rings. The van der Waals surface area contributed by atoms with Gasteiger partial charge in [0.1, 0.15) is 5.75 Å². The average Bonchev–Trinajstić information content (AvgIpc) is 2.72. The van der Waals surface area contributed by atoms with Crippen molar-refractivity contribution >= 4 is 35.8 Å². The van der Waals surface area contributed by atoms with Crippen molar-refractivity contribution in [2.75, 3.05) is 34.3 Å². The fraction of sp³-hybridized carbons (Fsp3) is 0.364. The van der Waals surface area contributed by atoms with Gasteiger partial charge in [0.05, 0.1) is 13.7 Å². The zero-order chi connectivity index (χ0) is 20.4. The lowest BCUT2D eigenvalue weighted by atomic mass is 10.1. The van der Waals surface area contributed by atoms with Crippen LogP contribution in [0.25, 0.3) is 0 Å². The Morgan fingerprint density at radius 1 is 1.00 bits per heavy atom. The first kappa shape index (κ1) is 24.7. The van der Waals surface area contributed by atoms with E-state index < -0.39 is 0 Å². The lowest BCUT2D eigenvalue weighted by Gasteiger charge is -2.12. The number of aliphatic imine (C=N–C) groups is 1. The second-order valence-electron chi connectivity index (χ2n) is 6.62. The van der Waals surface area contributed by atoms with Gasteiger partial charge in [0.2, 0.25) is 0 Å². The number of rotatable bonds is 8. The number of methoxy groups -OCH3 is 1. The minimum Gasteiger partial charge on any atom is -0.497 e. The molecule has 7 heteroatoms. The fourth-order valence-electron chi connectivity index (χ4n) is 2.64. The normalized spacial score (nSPS) is 10.7. The highest BCUT2D eigenvalue weighted by molar-refractivity contribution is 14.0. The van der Waals surface area contributed by atoms with E-state index in [9.17, 15) is 4.79 Å². The number of benzene rings is 2. The molecule has 2 rings (SSSR count). The summed E-state index contributed by atoms with van der Waals surface area (Å²) in [6.45, 7) is 4.18.